The van der Waals surface area contributed by atoms with Crippen LogP contribution in [0.4, 0.5) is 0 Å². The molecule has 1 atom stereocenters. The summed E-state index contributed by atoms with van der Waals surface area (Å²) in [7, 11) is -3.88. The first-order valence-corrected chi connectivity index (χ1v) is 14.2. The van der Waals surface area contributed by atoms with E-state index in [2.05, 4.69) is 6.92 Å². The second-order valence-electron chi connectivity index (χ2n) is 7.83. The summed E-state index contributed by atoms with van der Waals surface area (Å²) in [6.45, 7) is 7.35. The van der Waals surface area contributed by atoms with Crippen LogP contribution in [0.3, 0.4) is 0 Å². The summed E-state index contributed by atoms with van der Waals surface area (Å²) in [5, 5.41) is 0. The Balaban J connectivity index is 2.23. The minimum absolute atomic E-state index is 0.0478. The summed E-state index contributed by atoms with van der Waals surface area (Å²) in [5.41, 5.74) is 0. The Morgan fingerprint density at radius 1 is 0.618 bits per heavy atom. The molecule has 0 aliphatic carbocycles. The number of phosphoric acid groups is 1. The van der Waals surface area contributed by atoms with Gasteiger partial charge in [0.25, 0.3) is 0 Å². The Kier molecular flexibility index (Phi) is 20.5. The smallest absolute Gasteiger partial charge is 0.379 e. The average molecular weight is 505 g/mol. The first kappa shape index (κ1) is 31.0. The van der Waals surface area contributed by atoms with E-state index in [4.69, 9.17) is 32.8 Å². The topological polar surface area (TPSA) is 81.7 Å². The molecule has 34 heavy (non-hydrogen) atoms. The molecule has 0 aliphatic heterocycles. The Morgan fingerprint density at radius 2 is 1.15 bits per heavy atom. The summed E-state index contributed by atoms with van der Waals surface area (Å²) < 4.78 is 45.0. The van der Waals surface area contributed by atoms with Crippen molar-refractivity contribution >= 4 is 7.82 Å². The molecule has 8 nitrogen and oxygen atoms in total. The van der Waals surface area contributed by atoms with Gasteiger partial charge in [-0.05, 0) is 25.5 Å². The van der Waals surface area contributed by atoms with Gasteiger partial charge in [-0.2, -0.15) is 0 Å². The predicted octanol–water partition coefficient (Wildman–Crippen LogP) is 6.74. The van der Waals surface area contributed by atoms with Crippen molar-refractivity contribution in [2.75, 3.05) is 52.9 Å². The molecule has 0 amide bonds. The number of rotatable bonds is 25. The molecule has 0 saturated carbocycles. The summed E-state index contributed by atoms with van der Waals surface area (Å²) in [5.74, 6) is 0.415. The fourth-order valence-electron chi connectivity index (χ4n) is 3.03. The number of benzene rings is 1. The van der Waals surface area contributed by atoms with Crippen molar-refractivity contribution in [3.63, 3.8) is 0 Å². The quantitative estimate of drug-likeness (QED) is 0.0627. The number of para-hydroxylation sites is 1. The van der Waals surface area contributed by atoms with E-state index in [-0.39, 0.29) is 19.8 Å². The zero-order valence-corrected chi connectivity index (χ0v) is 22.0. The highest BCUT2D eigenvalue weighted by Crippen LogP contribution is 2.49. The Hall–Kier alpha value is -0.990. The lowest BCUT2D eigenvalue weighted by Gasteiger charge is -2.17. The first-order valence-electron chi connectivity index (χ1n) is 12.7. The van der Waals surface area contributed by atoms with Crippen LogP contribution in [0.15, 0.2) is 30.3 Å². The van der Waals surface area contributed by atoms with Gasteiger partial charge in [-0.25, -0.2) is 4.57 Å². The fourth-order valence-corrected chi connectivity index (χ4v) is 4.02. The number of ether oxygens (including phenoxy) is 3. The van der Waals surface area contributed by atoms with E-state index in [9.17, 15) is 4.57 Å². The molecule has 1 aromatic carbocycles. The molecule has 9 heteroatoms. The van der Waals surface area contributed by atoms with Gasteiger partial charge in [0.15, 0.2) is 5.75 Å². The lowest BCUT2D eigenvalue weighted by molar-refractivity contribution is -0.134. The first-order chi connectivity index (χ1) is 16.7. The number of hydrogen-bond acceptors (Lipinski definition) is 8. The number of phosphoric ester groups is 1. The van der Waals surface area contributed by atoms with Crippen LogP contribution < -0.4 is 4.89 Å². The van der Waals surface area contributed by atoms with Crippen LogP contribution in [0.5, 0.6) is 5.75 Å². The van der Waals surface area contributed by atoms with Crippen LogP contribution in [0.2, 0.25) is 0 Å². The maximum atomic E-state index is 13.0. The van der Waals surface area contributed by atoms with Crippen LogP contribution in [-0.4, -0.2) is 52.9 Å². The van der Waals surface area contributed by atoms with Crippen LogP contribution >= 0.6 is 7.82 Å². The molecule has 0 aromatic heterocycles. The molecule has 0 heterocycles. The Labute approximate surface area is 206 Å². The lowest BCUT2D eigenvalue weighted by Crippen LogP contribution is -2.12. The highest BCUT2D eigenvalue weighted by Gasteiger charge is 2.29. The van der Waals surface area contributed by atoms with Gasteiger partial charge in [0.1, 0.15) is 0 Å². The molecular formula is C25H45O8P. The maximum Gasteiger partial charge on any atom is 0.511 e. The Morgan fingerprint density at radius 3 is 1.76 bits per heavy atom. The molecule has 0 saturated heterocycles. The predicted molar refractivity (Wildman–Crippen MR) is 133 cm³/mol. The zero-order valence-electron chi connectivity index (χ0n) is 21.1. The third-order valence-electron chi connectivity index (χ3n) is 4.89. The molecule has 1 rings (SSSR count). The summed E-state index contributed by atoms with van der Waals surface area (Å²) >= 11 is 0. The molecule has 0 aliphatic rings. The maximum absolute atomic E-state index is 13.0. The van der Waals surface area contributed by atoms with Crippen molar-refractivity contribution in [2.45, 2.75) is 71.6 Å². The number of hydrogen-bond donors (Lipinski definition) is 0. The van der Waals surface area contributed by atoms with Crippen LogP contribution in [0.25, 0.3) is 0 Å². The molecular weight excluding hydrogens is 459 g/mol. The lowest BCUT2D eigenvalue weighted by atomic mass is 10.1. The molecule has 0 bridgehead atoms. The third-order valence-corrected chi connectivity index (χ3v) is 6.15. The van der Waals surface area contributed by atoms with Crippen molar-refractivity contribution in [3.8, 4) is 5.75 Å². The van der Waals surface area contributed by atoms with Crippen LogP contribution in [0.1, 0.15) is 71.6 Å². The van der Waals surface area contributed by atoms with E-state index in [0.717, 1.165) is 19.3 Å². The largest absolute Gasteiger partial charge is 0.511 e. The van der Waals surface area contributed by atoms with Gasteiger partial charge in [-0.3, -0.25) is 9.05 Å². The van der Waals surface area contributed by atoms with Gasteiger partial charge >= 0.3 is 7.82 Å². The van der Waals surface area contributed by atoms with Crippen LogP contribution in [-0.2, 0) is 32.5 Å². The van der Waals surface area contributed by atoms with E-state index < -0.39 is 7.82 Å². The highest BCUT2D eigenvalue weighted by molar-refractivity contribution is 7.48. The van der Waals surface area contributed by atoms with Gasteiger partial charge in [0.2, 0.25) is 0 Å². The average Bonchev–Trinajstić information content (AvgIpc) is 2.86. The van der Waals surface area contributed by atoms with Crippen molar-refractivity contribution in [1.82, 2.24) is 0 Å². The SMILES string of the molecule is CCCCCCCCCCCOP(=O)(OCCOCCOCCOCC)OOc1ccccc1. The van der Waals surface area contributed by atoms with E-state index >= 15 is 0 Å². The standard InChI is InChI=1S/C25H45O8P/c1-3-5-6-7-8-9-10-11-15-18-30-34(26,33-32-25-16-13-12-14-17-25)31-24-23-29-22-21-28-20-19-27-4-2/h12-14,16-17H,3-11,15,18-24H2,1-2H3. The monoisotopic (exact) mass is 504 g/mol. The van der Waals surface area contributed by atoms with E-state index in [1.54, 1.807) is 24.3 Å². The highest BCUT2D eigenvalue weighted by atomic mass is 31.2. The summed E-state index contributed by atoms with van der Waals surface area (Å²) in [6, 6.07) is 8.82. The van der Waals surface area contributed by atoms with Gasteiger partial charge < -0.3 is 19.1 Å². The van der Waals surface area contributed by atoms with Gasteiger partial charge in [-0.1, -0.05) is 81.2 Å². The van der Waals surface area contributed by atoms with Crippen molar-refractivity contribution < 1.29 is 37.4 Å². The third kappa shape index (κ3) is 18.4. The van der Waals surface area contributed by atoms with Gasteiger partial charge in [0, 0.05) is 6.61 Å². The molecule has 0 spiro atoms. The normalized spacial score (nSPS) is 13.1. The van der Waals surface area contributed by atoms with Crippen molar-refractivity contribution in [3.05, 3.63) is 30.3 Å². The molecule has 0 radical (unpaired) electrons. The van der Waals surface area contributed by atoms with E-state index in [1.807, 2.05) is 13.0 Å². The minimum Gasteiger partial charge on any atom is -0.379 e. The number of unbranched alkanes of at least 4 members (excludes halogenated alkanes) is 8. The second-order valence-corrected chi connectivity index (χ2v) is 9.39. The fraction of sp³-hybridized carbons (Fsp3) is 0.760. The van der Waals surface area contributed by atoms with E-state index in [0.29, 0.717) is 38.8 Å². The molecule has 198 valence electrons. The van der Waals surface area contributed by atoms with E-state index in [1.165, 1.54) is 38.5 Å². The Bertz CT molecular complexity index is 574. The summed E-state index contributed by atoms with van der Waals surface area (Å²) in [6.07, 6.45) is 10.6. The van der Waals surface area contributed by atoms with Crippen LogP contribution in [0, 0.1) is 0 Å². The molecule has 1 unspecified atom stereocenters. The van der Waals surface area contributed by atoms with Crippen molar-refractivity contribution in [2.24, 2.45) is 0 Å². The molecule has 0 fully saturated rings. The molecule has 1 aromatic rings. The van der Waals surface area contributed by atoms with Gasteiger partial charge in [0.05, 0.1) is 46.2 Å². The van der Waals surface area contributed by atoms with Crippen molar-refractivity contribution in [1.29, 1.82) is 0 Å². The summed E-state index contributed by atoms with van der Waals surface area (Å²) in [4.78, 5) is 5.17. The second kappa shape index (κ2) is 22.5. The van der Waals surface area contributed by atoms with Gasteiger partial charge in [-0.15, -0.1) is 0 Å². The molecule has 0 N–H and O–H groups in total. The zero-order chi connectivity index (χ0) is 24.6. The minimum atomic E-state index is -3.88.